The van der Waals surface area contributed by atoms with Gasteiger partial charge in [0.2, 0.25) is 0 Å². The van der Waals surface area contributed by atoms with Crippen molar-refractivity contribution in [2.24, 2.45) is 0 Å². The molecule has 18 heteroatoms. The molecule has 0 saturated carbocycles. The maximum absolute atomic E-state index is 15.0. The molecule has 0 saturated heterocycles. The first-order chi connectivity index (χ1) is 20.6. The van der Waals surface area contributed by atoms with Crippen molar-refractivity contribution in [3.63, 3.8) is 0 Å². The number of nitrogens with zero attached hydrogens (tertiary/aromatic N) is 6. The fraction of sp³-hybridized carbons (Fsp3) is 0.462. The highest BCUT2D eigenvalue weighted by Crippen LogP contribution is 2.43. The number of alkyl halides is 6. The average molecular weight is 652 g/mol. The van der Waals surface area contributed by atoms with E-state index in [1.807, 2.05) is 0 Å². The quantitative estimate of drug-likeness (QED) is 0.305. The first-order valence-corrected chi connectivity index (χ1v) is 13.5. The van der Waals surface area contributed by atoms with Gasteiger partial charge < -0.3 is 25.0 Å². The number of nitrogens with two attached hydrogens (primary N) is 1. The summed E-state index contributed by atoms with van der Waals surface area (Å²) in [6.07, 6.45) is -10.7. The Morgan fingerprint density at radius 1 is 1.20 bits per heavy atom. The number of methoxy groups -OCH3 is 1. The van der Waals surface area contributed by atoms with Gasteiger partial charge in [-0.3, -0.25) is 9.48 Å². The third kappa shape index (κ3) is 6.06. The van der Waals surface area contributed by atoms with E-state index < -0.39 is 53.5 Å². The van der Waals surface area contributed by atoms with Crippen molar-refractivity contribution < 1.29 is 45.0 Å². The molecule has 2 aliphatic rings. The number of aromatic nitrogens is 4. The first-order valence-electron chi connectivity index (χ1n) is 13.1. The van der Waals surface area contributed by atoms with Crippen molar-refractivity contribution in [2.45, 2.75) is 51.0 Å². The molecule has 1 atom stereocenters. The van der Waals surface area contributed by atoms with Crippen molar-refractivity contribution in [3.05, 3.63) is 56.7 Å². The van der Waals surface area contributed by atoms with Gasteiger partial charge in [-0.15, -0.1) is 0 Å². The van der Waals surface area contributed by atoms with Crippen LogP contribution in [-0.4, -0.2) is 64.0 Å². The summed E-state index contributed by atoms with van der Waals surface area (Å²) < 4.78 is 107. The molecule has 0 radical (unpaired) electrons. The number of fused-ring (bicyclic) bond motifs is 2. The van der Waals surface area contributed by atoms with Gasteiger partial charge in [-0.1, -0.05) is 11.6 Å². The molecule has 238 valence electrons. The van der Waals surface area contributed by atoms with Crippen LogP contribution in [0.3, 0.4) is 0 Å². The molecule has 2 aliphatic heterocycles. The minimum absolute atomic E-state index is 0.0141. The number of carbonyl (C=O) groups is 1. The van der Waals surface area contributed by atoms with Crippen LogP contribution in [0, 0.1) is 5.82 Å². The Labute approximate surface area is 250 Å². The van der Waals surface area contributed by atoms with Gasteiger partial charge in [0, 0.05) is 37.7 Å². The maximum Gasteiger partial charge on any atom is 0.416 e. The fourth-order valence-corrected chi connectivity index (χ4v) is 5.54. The van der Waals surface area contributed by atoms with Crippen LogP contribution in [0.2, 0.25) is 5.02 Å². The number of hydrogen-bond donors (Lipinski definition) is 1. The normalized spacial score (nSPS) is 17.1. The summed E-state index contributed by atoms with van der Waals surface area (Å²) in [7, 11) is 2.29. The van der Waals surface area contributed by atoms with Crippen molar-refractivity contribution in [2.75, 3.05) is 37.9 Å². The van der Waals surface area contributed by atoms with Crippen molar-refractivity contribution in [1.29, 1.82) is 0 Å². The lowest BCUT2D eigenvalue weighted by Crippen LogP contribution is -2.36. The average Bonchev–Trinajstić information content (AvgIpc) is 3.11. The van der Waals surface area contributed by atoms with E-state index in [2.05, 4.69) is 15.1 Å². The molecule has 4 heterocycles. The number of benzene rings is 1. The molecule has 0 bridgehead atoms. The van der Waals surface area contributed by atoms with Gasteiger partial charge in [0.25, 0.3) is 5.91 Å². The number of amides is 1. The van der Waals surface area contributed by atoms with E-state index in [1.165, 1.54) is 11.8 Å². The van der Waals surface area contributed by atoms with Crippen molar-refractivity contribution in [3.8, 4) is 6.01 Å². The number of rotatable bonds is 5. The van der Waals surface area contributed by atoms with Gasteiger partial charge in [0.1, 0.15) is 12.4 Å². The highest BCUT2D eigenvalue weighted by Gasteiger charge is 2.40. The second-order valence-electron chi connectivity index (χ2n) is 10.3. The number of halogens is 8. The predicted molar refractivity (Wildman–Crippen MR) is 142 cm³/mol. The molecular formula is C26H25ClF7N7O3. The van der Waals surface area contributed by atoms with E-state index in [4.69, 9.17) is 26.8 Å². The van der Waals surface area contributed by atoms with Crippen molar-refractivity contribution in [1.82, 2.24) is 24.6 Å². The minimum Gasteiger partial charge on any atom is -0.467 e. The zero-order valence-corrected chi connectivity index (χ0v) is 23.9. The van der Waals surface area contributed by atoms with E-state index in [9.17, 15) is 31.1 Å². The highest BCUT2D eigenvalue weighted by atomic mass is 35.5. The molecule has 2 N–H and O–H groups in total. The Hall–Kier alpha value is -3.86. The van der Waals surface area contributed by atoms with Crippen LogP contribution in [0.4, 0.5) is 42.2 Å². The van der Waals surface area contributed by atoms with E-state index in [1.54, 1.807) is 4.90 Å². The standard InChI is InChI=1S/C26H25ClF7N7O3/c1-39(11-25(29,30)31)23(42)21-19(27)16-9-40(6-3-7-41(16)38-21)22-12-10-44-17(8-15(12)36-24(37-22)43-2)18-13(26(32,33)34)4-5-14(35)20(18)28/h4-5,17H,3,6-11,35H2,1-2H3. The summed E-state index contributed by atoms with van der Waals surface area (Å²) >= 11 is 6.49. The Kier molecular flexibility index (Phi) is 8.30. The van der Waals surface area contributed by atoms with Gasteiger partial charge in [-0.05, 0) is 18.6 Å². The molecule has 0 fully saturated rings. The van der Waals surface area contributed by atoms with Crippen LogP contribution in [0.5, 0.6) is 6.01 Å². The Morgan fingerprint density at radius 3 is 2.59 bits per heavy atom. The topological polar surface area (TPSA) is 112 Å². The summed E-state index contributed by atoms with van der Waals surface area (Å²) in [6, 6.07) is 1.42. The molecule has 1 aromatic carbocycles. The van der Waals surface area contributed by atoms with Crippen LogP contribution in [-0.2, 0) is 37.0 Å². The molecule has 44 heavy (non-hydrogen) atoms. The monoisotopic (exact) mass is 651 g/mol. The molecule has 3 aromatic rings. The SMILES string of the molecule is COc1nc2c(c(N3CCCn4nc(C(=O)N(C)CC(F)(F)F)c(Cl)c4C3)n1)COC(c1c(C(F)(F)F)ccc(N)c1F)C2. The smallest absolute Gasteiger partial charge is 0.416 e. The second-order valence-corrected chi connectivity index (χ2v) is 10.7. The zero-order chi connectivity index (χ0) is 32.1. The number of carbonyl (C=O) groups excluding carboxylic acids is 1. The summed E-state index contributed by atoms with van der Waals surface area (Å²) in [5, 5.41) is 4.05. The van der Waals surface area contributed by atoms with Crippen LogP contribution in [0.15, 0.2) is 12.1 Å². The van der Waals surface area contributed by atoms with Gasteiger partial charge in [-0.2, -0.15) is 41.4 Å². The summed E-state index contributed by atoms with van der Waals surface area (Å²) in [6.45, 7) is -1.12. The maximum atomic E-state index is 15.0. The van der Waals surface area contributed by atoms with Crippen LogP contribution >= 0.6 is 11.6 Å². The molecule has 1 unspecified atom stereocenters. The van der Waals surface area contributed by atoms with Crippen LogP contribution < -0.4 is 15.4 Å². The predicted octanol–water partition coefficient (Wildman–Crippen LogP) is 4.93. The molecule has 5 rings (SSSR count). The van der Waals surface area contributed by atoms with Gasteiger partial charge >= 0.3 is 18.4 Å². The highest BCUT2D eigenvalue weighted by molar-refractivity contribution is 6.34. The number of nitrogen functional groups attached to an aromatic ring is 1. The lowest BCUT2D eigenvalue weighted by Gasteiger charge is -2.31. The molecular weight excluding hydrogens is 627 g/mol. The number of anilines is 2. The summed E-state index contributed by atoms with van der Waals surface area (Å²) in [5.41, 5.74) is 3.83. The number of ether oxygens (including phenoxy) is 2. The third-order valence-electron chi connectivity index (χ3n) is 7.27. The Morgan fingerprint density at radius 2 is 1.93 bits per heavy atom. The first kappa shape index (κ1) is 31.6. The molecule has 2 aromatic heterocycles. The summed E-state index contributed by atoms with van der Waals surface area (Å²) in [4.78, 5) is 23.7. The molecule has 0 aliphatic carbocycles. The van der Waals surface area contributed by atoms with Gasteiger partial charge in [0.15, 0.2) is 11.5 Å². The third-order valence-corrected chi connectivity index (χ3v) is 7.67. The molecule has 0 spiro atoms. The fourth-order valence-electron chi connectivity index (χ4n) is 5.26. The lowest BCUT2D eigenvalue weighted by atomic mass is 9.94. The number of aryl methyl sites for hydroxylation is 1. The molecule has 10 nitrogen and oxygen atoms in total. The van der Waals surface area contributed by atoms with Crippen LogP contribution in [0.1, 0.15) is 51.1 Å². The second kappa shape index (κ2) is 11.6. The van der Waals surface area contributed by atoms with E-state index in [-0.39, 0.29) is 48.5 Å². The summed E-state index contributed by atoms with van der Waals surface area (Å²) in [5.74, 6) is -1.95. The minimum atomic E-state index is -4.88. The van der Waals surface area contributed by atoms with E-state index >= 15 is 4.39 Å². The Balaban J connectivity index is 1.49. The van der Waals surface area contributed by atoms with Gasteiger partial charge in [-0.25, -0.2) is 4.39 Å². The lowest BCUT2D eigenvalue weighted by molar-refractivity contribution is -0.140. The van der Waals surface area contributed by atoms with Gasteiger partial charge in [0.05, 0.1) is 54.0 Å². The van der Waals surface area contributed by atoms with E-state index in [0.717, 1.165) is 13.1 Å². The van der Waals surface area contributed by atoms with Crippen LogP contribution in [0.25, 0.3) is 0 Å². The molecule has 1 amide bonds. The van der Waals surface area contributed by atoms with E-state index in [0.29, 0.717) is 41.0 Å². The zero-order valence-electron chi connectivity index (χ0n) is 23.2. The Bertz CT molecular complexity index is 1600. The number of hydrogen-bond acceptors (Lipinski definition) is 8. The van der Waals surface area contributed by atoms with Crippen molar-refractivity contribution >= 4 is 29.0 Å². The largest absolute Gasteiger partial charge is 0.467 e.